The first-order valence-electron chi connectivity index (χ1n) is 9.60. The first-order valence-corrected chi connectivity index (χ1v) is 11.4. The number of benzene rings is 1. The summed E-state index contributed by atoms with van der Waals surface area (Å²) in [7, 11) is -1.04. The van der Waals surface area contributed by atoms with Gasteiger partial charge in [0.2, 0.25) is 5.91 Å². The summed E-state index contributed by atoms with van der Waals surface area (Å²) in [5.74, 6) is 0.429. The van der Waals surface area contributed by atoms with Crippen LogP contribution in [0.15, 0.2) is 24.3 Å². The summed E-state index contributed by atoms with van der Waals surface area (Å²) in [6.45, 7) is 3.11. The van der Waals surface area contributed by atoms with Crippen LogP contribution in [0.1, 0.15) is 43.2 Å². The van der Waals surface area contributed by atoms with Crippen molar-refractivity contribution in [2.75, 3.05) is 25.1 Å². The summed E-state index contributed by atoms with van der Waals surface area (Å²) in [6, 6.07) is 8.43. The van der Waals surface area contributed by atoms with Gasteiger partial charge in [-0.25, -0.2) is 8.42 Å². The summed E-state index contributed by atoms with van der Waals surface area (Å²) in [5.41, 5.74) is 2.41. The quantitative estimate of drug-likeness (QED) is 0.763. The number of aryl methyl sites for hydroxylation is 1. The largest absolute Gasteiger partial charge is 0.335 e. The fourth-order valence-corrected chi connectivity index (χ4v) is 5.97. The predicted octanol–water partition coefficient (Wildman–Crippen LogP) is 2.39. The Labute approximate surface area is 157 Å². The third kappa shape index (κ3) is 4.86. The van der Waals surface area contributed by atoms with Crippen molar-refractivity contribution in [1.82, 2.24) is 9.80 Å². The molecule has 144 valence electrons. The van der Waals surface area contributed by atoms with E-state index in [-0.39, 0.29) is 29.5 Å². The van der Waals surface area contributed by atoms with Gasteiger partial charge < -0.3 is 4.90 Å². The SMILES string of the molecule is Cc1ccc(CN(C)CC(=O)N(C2CCCC2)C2CCS(=O)(=O)C2)cc1. The van der Waals surface area contributed by atoms with Crippen molar-refractivity contribution in [3.8, 4) is 0 Å². The number of hydrogen-bond donors (Lipinski definition) is 0. The molecule has 0 radical (unpaired) electrons. The lowest BCUT2D eigenvalue weighted by molar-refractivity contribution is -0.136. The smallest absolute Gasteiger partial charge is 0.237 e. The maximum Gasteiger partial charge on any atom is 0.237 e. The maximum atomic E-state index is 13.1. The molecular formula is C20H30N2O3S. The van der Waals surface area contributed by atoms with Gasteiger partial charge in [-0.2, -0.15) is 0 Å². The third-order valence-corrected chi connectivity index (χ3v) is 7.34. The molecule has 1 amide bonds. The van der Waals surface area contributed by atoms with Crippen molar-refractivity contribution in [2.45, 2.75) is 57.7 Å². The van der Waals surface area contributed by atoms with Gasteiger partial charge in [0.15, 0.2) is 9.84 Å². The Balaban J connectivity index is 1.65. The average molecular weight is 379 g/mol. The van der Waals surface area contributed by atoms with Gasteiger partial charge in [-0.05, 0) is 38.8 Å². The maximum absolute atomic E-state index is 13.1. The second-order valence-corrected chi connectivity index (χ2v) is 10.2. The average Bonchev–Trinajstić information content (AvgIpc) is 3.20. The Morgan fingerprint density at radius 2 is 1.73 bits per heavy atom. The first kappa shape index (κ1) is 19.4. The lowest BCUT2D eigenvalue weighted by atomic mass is 10.1. The molecule has 6 heteroatoms. The van der Waals surface area contributed by atoms with Crippen molar-refractivity contribution in [3.05, 3.63) is 35.4 Å². The van der Waals surface area contributed by atoms with Crippen molar-refractivity contribution >= 4 is 15.7 Å². The lowest BCUT2D eigenvalue weighted by Gasteiger charge is -2.35. The van der Waals surface area contributed by atoms with Crippen LogP contribution in [0.4, 0.5) is 0 Å². The van der Waals surface area contributed by atoms with E-state index in [0.29, 0.717) is 19.5 Å². The molecule has 5 nitrogen and oxygen atoms in total. The third-order valence-electron chi connectivity index (χ3n) is 5.59. The lowest BCUT2D eigenvalue weighted by Crippen LogP contribution is -2.50. The Morgan fingerprint density at radius 3 is 2.31 bits per heavy atom. The second kappa shape index (κ2) is 8.09. The van der Waals surface area contributed by atoms with Crippen LogP contribution in [0.5, 0.6) is 0 Å². The fourth-order valence-electron chi connectivity index (χ4n) is 4.26. The highest BCUT2D eigenvalue weighted by molar-refractivity contribution is 7.91. The van der Waals surface area contributed by atoms with Gasteiger partial charge in [0.1, 0.15) is 0 Å². The van der Waals surface area contributed by atoms with Crippen LogP contribution in [-0.2, 0) is 21.2 Å². The normalized spacial score (nSPS) is 22.8. The zero-order valence-electron chi connectivity index (χ0n) is 15.9. The van der Waals surface area contributed by atoms with Crippen LogP contribution >= 0.6 is 0 Å². The van der Waals surface area contributed by atoms with Crippen LogP contribution < -0.4 is 0 Å². The van der Waals surface area contributed by atoms with E-state index < -0.39 is 9.84 Å². The Bertz CT molecular complexity index is 724. The van der Waals surface area contributed by atoms with Gasteiger partial charge in [-0.3, -0.25) is 9.69 Å². The molecule has 1 aliphatic carbocycles. The highest BCUT2D eigenvalue weighted by Gasteiger charge is 2.39. The van der Waals surface area contributed by atoms with Gasteiger partial charge in [-0.1, -0.05) is 42.7 Å². The van der Waals surface area contributed by atoms with E-state index in [1.807, 2.05) is 16.8 Å². The Kier molecular flexibility index (Phi) is 6.03. The van der Waals surface area contributed by atoms with Crippen molar-refractivity contribution in [3.63, 3.8) is 0 Å². The highest BCUT2D eigenvalue weighted by atomic mass is 32.2. The minimum Gasteiger partial charge on any atom is -0.335 e. The monoisotopic (exact) mass is 378 g/mol. The van der Waals surface area contributed by atoms with Crippen LogP contribution in [-0.4, -0.2) is 61.3 Å². The molecule has 3 rings (SSSR count). The van der Waals surface area contributed by atoms with Gasteiger partial charge in [0.05, 0.1) is 18.1 Å². The number of carbonyl (C=O) groups is 1. The fraction of sp³-hybridized carbons (Fsp3) is 0.650. The number of hydrogen-bond acceptors (Lipinski definition) is 4. The van der Waals surface area contributed by atoms with Gasteiger partial charge in [0.25, 0.3) is 0 Å². The molecule has 1 unspecified atom stereocenters. The van der Waals surface area contributed by atoms with E-state index in [2.05, 4.69) is 31.2 Å². The summed E-state index contributed by atoms with van der Waals surface area (Å²) in [5, 5.41) is 0. The number of likely N-dealkylation sites (N-methyl/N-ethyl adjacent to an activating group) is 1. The number of rotatable bonds is 6. The molecule has 0 spiro atoms. The molecule has 1 atom stereocenters. The highest BCUT2D eigenvalue weighted by Crippen LogP contribution is 2.29. The number of nitrogens with zero attached hydrogens (tertiary/aromatic N) is 2. The number of amides is 1. The molecule has 1 saturated heterocycles. The van der Waals surface area contributed by atoms with Crippen LogP contribution in [0.2, 0.25) is 0 Å². The zero-order valence-corrected chi connectivity index (χ0v) is 16.7. The number of sulfone groups is 1. The van der Waals surface area contributed by atoms with Gasteiger partial charge >= 0.3 is 0 Å². The predicted molar refractivity (Wildman–Crippen MR) is 104 cm³/mol. The van der Waals surface area contributed by atoms with Gasteiger partial charge in [0, 0.05) is 18.6 Å². The second-order valence-electron chi connectivity index (χ2n) is 7.95. The topological polar surface area (TPSA) is 57.7 Å². The minimum atomic E-state index is -2.99. The van der Waals surface area contributed by atoms with E-state index >= 15 is 0 Å². The zero-order chi connectivity index (χ0) is 18.7. The van der Waals surface area contributed by atoms with E-state index in [4.69, 9.17) is 0 Å². The molecule has 1 heterocycles. The molecular weight excluding hydrogens is 348 g/mol. The Morgan fingerprint density at radius 1 is 1.08 bits per heavy atom. The molecule has 1 aromatic rings. The molecule has 0 aromatic heterocycles. The van der Waals surface area contributed by atoms with Crippen molar-refractivity contribution in [2.24, 2.45) is 0 Å². The molecule has 0 bridgehead atoms. The molecule has 2 aliphatic rings. The summed E-state index contributed by atoms with van der Waals surface area (Å²) >= 11 is 0. The van der Waals surface area contributed by atoms with E-state index in [1.165, 1.54) is 11.1 Å². The van der Waals surface area contributed by atoms with Crippen molar-refractivity contribution < 1.29 is 13.2 Å². The minimum absolute atomic E-state index is 0.0774. The summed E-state index contributed by atoms with van der Waals surface area (Å²) in [4.78, 5) is 17.0. The van der Waals surface area contributed by atoms with Crippen molar-refractivity contribution in [1.29, 1.82) is 0 Å². The van der Waals surface area contributed by atoms with Crippen LogP contribution in [0.25, 0.3) is 0 Å². The number of carbonyl (C=O) groups excluding carboxylic acids is 1. The van der Waals surface area contributed by atoms with Crippen LogP contribution in [0, 0.1) is 6.92 Å². The molecule has 1 aliphatic heterocycles. The Hall–Kier alpha value is -1.40. The van der Waals surface area contributed by atoms with Gasteiger partial charge in [-0.15, -0.1) is 0 Å². The first-order chi connectivity index (χ1) is 12.3. The van der Waals surface area contributed by atoms with E-state index in [9.17, 15) is 13.2 Å². The van der Waals surface area contributed by atoms with Crippen LogP contribution in [0.3, 0.4) is 0 Å². The van der Waals surface area contributed by atoms with E-state index in [0.717, 1.165) is 25.7 Å². The molecule has 0 N–H and O–H groups in total. The molecule has 1 saturated carbocycles. The molecule has 26 heavy (non-hydrogen) atoms. The standard InChI is InChI=1S/C20H30N2O3S/c1-16-7-9-17(10-8-16)13-21(2)14-20(23)22(18-5-3-4-6-18)19-11-12-26(24,25)15-19/h7-10,18-19H,3-6,11-15H2,1-2H3. The van der Waals surface area contributed by atoms with E-state index in [1.54, 1.807) is 0 Å². The molecule has 2 fully saturated rings. The summed E-state index contributed by atoms with van der Waals surface area (Å²) < 4.78 is 23.9. The molecule has 1 aromatic carbocycles. The summed E-state index contributed by atoms with van der Waals surface area (Å²) in [6.07, 6.45) is 4.86.